The van der Waals surface area contributed by atoms with Gasteiger partial charge in [0.05, 0.1) is 11.4 Å². The normalized spacial score (nSPS) is 10.7. The first kappa shape index (κ1) is 16.0. The summed E-state index contributed by atoms with van der Waals surface area (Å²) < 4.78 is 0. The molecule has 0 saturated carbocycles. The molecule has 3 heteroatoms. The molecule has 116 valence electrons. The number of anilines is 3. The second-order valence-corrected chi connectivity index (χ2v) is 5.09. The number of hydrogen-bond donors (Lipinski definition) is 2. The van der Waals surface area contributed by atoms with Crippen LogP contribution in [0.2, 0.25) is 0 Å². The van der Waals surface area contributed by atoms with Gasteiger partial charge >= 0.3 is 0 Å². The molecule has 0 amide bonds. The average molecular weight is 295 g/mol. The molecule has 2 aromatic rings. The van der Waals surface area contributed by atoms with Gasteiger partial charge in [0.15, 0.2) is 0 Å². The Morgan fingerprint density at radius 1 is 0.818 bits per heavy atom. The summed E-state index contributed by atoms with van der Waals surface area (Å²) in [7, 11) is 0. The summed E-state index contributed by atoms with van der Waals surface area (Å²) in [5.41, 5.74) is 11.0. The quantitative estimate of drug-likeness (QED) is 0.703. The molecular formula is C19H25N3. The topological polar surface area (TPSA) is 27.3 Å². The minimum absolute atomic E-state index is 1.03. The molecule has 0 bridgehead atoms. The molecule has 0 unspecified atom stereocenters. The summed E-state index contributed by atoms with van der Waals surface area (Å²) >= 11 is 0. The fourth-order valence-corrected chi connectivity index (χ4v) is 2.36. The number of allylic oxidation sites excluding steroid dienone is 1. The van der Waals surface area contributed by atoms with Gasteiger partial charge in [-0.1, -0.05) is 24.3 Å². The maximum Gasteiger partial charge on any atom is 0.0541 e. The van der Waals surface area contributed by atoms with Gasteiger partial charge in [-0.25, -0.2) is 0 Å². The van der Waals surface area contributed by atoms with E-state index in [0.717, 1.165) is 24.5 Å². The first-order chi connectivity index (χ1) is 10.8. The van der Waals surface area contributed by atoms with Gasteiger partial charge in [0.2, 0.25) is 0 Å². The van der Waals surface area contributed by atoms with Crippen LogP contribution in [0, 0.1) is 0 Å². The van der Waals surface area contributed by atoms with E-state index in [1.807, 2.05) is 13.0 Å². The summed E-state index contributed by atoms with van der Waals surface area (Å²) in [6, 6.07) is 16.8. The molecule has 2 aromatic carbocycles. The van der Waals surface area contributed by atoms with E-state index in [2.05, 4.69) is 84.2 Å². The molecule has 0 spiro atoms. The molecular weight excluding hydrogens is 270 g/mol. The van der Waals surface area contributed by atoms with E-state index in [9.17, 15) is 0 Å². The Balaban J connectivity index is 1.93. The highest BCUT2D eigenvalue weighted by Crippen LogP contribution is 2.18. The van der Waals surface area contributed by atoms with E-state index in [0.29, 0.717) is 0 Å². The van der Waals surface area contributed by atoms with Gasteiger partial charge in [-0.3, -0.25) is 0 Å². The molecule has 0 atom stereocenters. The smallest absolute Gasteiger partial charge is 0.0541 e. The lowest BCUT2D eigenvalue weighted by molar-refractivity contribution is 0.866. The van der Waals surface area contributed by atoms with E-state index in [-0.39, 0.29) is 0 Å². The highest BCUT2D eigenvalue weighted by molar-refractivity contribution is 5.59. The van der Waals surface area contributed by atoms with Crippen molar-refractivity contribution < 1.29 is 0 Å². The summed E-state index contributed by atoms with van der Waals surface area (Å²) in [6.45, 7) is 8.43. The van der Waals surface area contributed by atoms with Crippen LogP contribution in [0.1, 0.15) is 26.3 Å². The monoisotopic (exact) mass is 295 g/mol. The molecule has 0 aromatic heterocycles. The Morgan fingerprint density at radius 2 is 1.32 bits per heavy atom. The molecule has 0 aliphatic carbocycles. The van der Waals surface area contributed by atoms with Crippen molar-refractivity contribution >= 4 is 23.1 Å². The van der Waals surface area contributed by atoms with Gasteiger partial charge in [0.1, 0.15) is 0 Å². The SMILES string of the molecule is CC=Cc1ccc(NNc2ccc(N(CC)CC)cc2)cc1. The van der Waals surface area contributed by atoms with E-state index in [4.69, 9.17) is 0 Å². The second kappa shape index (κ2) is 8.13. The zero-order valence-electron chi connectivity index (χ0n) is 13.6. The summed E-state index contributed by atoms with van der Waals surface area (Å²) in [5.74, 6) is 0. The highest BCUT2D eigenvalue weighted by Gasteiger charge is 2.01. The average Bonchev–Trinajstić information content (AvgIpc) is 2.57. The fourth-order valence-electron chi connectivity index (χ4n) is 2.36. The van der Waals surface area contributed by atoms with Gasteiger partial charge in [-0.15, -0.1) is 0 Å². The first-order valence-corrected chi connectivity index (χ1v) is 7.86. The number of benzene rings is 2. The van der Waals surface area contributed by atoms with E-state index in [1.54, 1.807) is 0 Å². The molecule has 2 rings (SSSR count). The molecule has 0 radical (unpaired) electrons. The van der Waals surface area contributed by atoms with Crippen LogP contribution in [0.5, 0.6) is 0 Å². The van der Waals surface area contributed by atoms with Crippen molar-refractivity contribution in [2.75, 3.05) is 28.8 Å². The van der Waals surface area contributed by atoms with Gasteiger partial charge in [-0.05, 0) is 62.7 Å². The van der Waals surface area contributed by atoms with Gasteiger partial charge in [0.25, 0.3) is 0 Å². The standard InChI is InChI=1S/C19H25N3/c1-4-7-16-8-10-17(11-9-16)20-21-18-12-14-19(15-13-18)22(5-2)6-3/h4,7-15,20-21H,5-6H2,1-3H3. The number of nitrogens with zero attached hydrogens (tertiary/aromatic N) is 1. The summed E-state index contributed by atoms with van der Waals surface area (Å²) in [5, 5.41) is 0. The minimum Gasteiger partial charge on any atom is -0.372 e. The molecule has 0 aliphatic heterocycles. The second-order valence-electron chi connectivity index (χ2n) is 5.09. The number of hydrazine groups is 1. The van der Waals surface area contributed by atoms with Crippen molar-refractivity contribution in [3.8, 4) is 0 Å². The van der Waals surface area contributed by atoms with E-state index in [1.165, 1.54) is 11.3 Å². The van der Waals surface area contributed by atoms with Crippen molar-refractivity contribution in [1.29, 1.82) is 0 Å². The fraction of sp³-hybridized carbons (Fsp3) is 0.263. The minimum atomic E-state index is 1.03. The van der Waals surface area contributed by atoms with E-state index >= 15 is 0 Å². The maximum absolute atomic E-state index is 3.23. The van der Waals surface area contributed by atoms with Gasteiger partial charge < -0.3 is 15.8 Å². The van der Waals surface area contributed by atoms with Crippen molar-refractivity contribution in [2.24, 2.45) is 0 Å². The van der Waals surface area contributed by atoms with Crippen molar-refractivity contribution in [1.82, 2.24) is 0 Å². The lowest BCUT2D eigenvalue weighted by Crippen LogP contribution is -2.21. The predicted molar refractivity (Wildman–Crippen MR) is 98.4 cm³/mol. The molecule has 0 saturated heterocycles. The molecule has 3 nitrogen and oxygen atoms in total. The highest BCUT2D eigenvalue weighted by atomic mass is 15.4. The van der Waals surface area contributed by atoms with Crippen LogP contribution in [-0.4, -0.2) is 13.1 Å². The van der Waals surface area contributed by atoms with Crippen LogP contribution < -0.4 is 15.8 Å². The van der Waals surface area contributed by atoms with Crippen LogP contribution in [0.15, 0.2) is 54.6 Å². The third-order valence-corrected chi connectivity index (χ3v) is 3.62. The lowest BCUT2D eigenvalue weighted by Gasteiger charge is -2.21. The first-order valence-electron chi connectivity index (χ1n) is 7.86. The predicted octanol–water partition coefficient (Wildman–Crippen LogP) is 5.00. The Hall–Kier alpha value is -2.42. The maximum atomic E-state index is 3.23. The largest absolute Gasteiger partial charge is 0.372 e. The van der Waals surface area contributed by atoms with Crippen molar-refractivity contribution in [3.05, 3.63) is 60.2 Å². The lowest BCUT2D eigenvalue weighted by atomic mass is 10.2. The van der Waals surface area contributed by atoms with Crippen molar-refractivity contribution in [2.45, 2.75) is 20.8 Å². The molecule has 0 fully saturated rings. The van der Waals surface area contributed by atoms with Gasteiger partial charge in [0, 0.05) is 18.8 Å². The zero-order chi connectivity index (χ0) is 15.8. The summed E-state index contributed by atoms with van der Waals surface area (Å²) in [4.78, 5) is 2.33. The van der Waals surface area contributed by atoms with Crippen LogP contribution in [0.4, 0.5) is 17.1 Å². The Kier molecular flexibility index (Phi) is 5.90. The zero-order valence-corrected chi connectivity index (χ0v) is 13.6. The van der Waals surface area contributed by atoms with Crippen LogP contribution >= 0.6 is 0 Å². The third kappa shape index (κ3) is 4.29. The summed E-state index contributed by atoms with van der Waals surface area (Å²) in [6.07, 6.45) is 4.13. The van der Waals surface area contributed by atoms with Crippen LogP contribution in [0.25, 0.3) is 6.08 Å². The molecule has 2 N–H and O–H groups in total. The third-order valence-electron chi connectivity index (χ3n) is 3.62. The number of nitrogens with one attached hydrogen (secondary N) is 2. The Bertz CT molecular complexity index is 581. The number of hydrogen-bond acceptors (Lipinski definition) is 3. The van der Waals surface area contributed by atoms with Crippen molar-refractivity contribution in [3.63, 3.8) is 0 Å². The van der Waals surface area contributed by atoms with E-state index < -0.39 is 0 Å². The number of rotatable bonds is 7. The Labute approximate surface area is 133 Å². The van der Waals surface area contributed by atoms with Crippen LogP contribution in [0.3, 0.4) is 0 Å². The molecule has 0 aliphatic rings. The Morgan fingerprint density at radius 3 is 1.77 bits per heavy atom. The van der Waals surface area contributed by atoms with Gasteiger partial charge in [-0.2, -0.15) is 0 Å². The molecule has 22 heavy (non-hydrogen) atoms. The molecule has 0 heterocycles. The van der Waals surface area contributed by atoms with Crippen LogP contribution in [-0.2, 0) is 0 Å².